The summed E-state index contributed by atoms with van der Waals surface area (Å²) in [7, 11) is 1.04. The number of carboxylic acid groups (broad SMARTS) is 1. The molecule has 1 saturated heterocycles. The summed E-state index contributed by atoms with van der Waals surface area (Å²) in [6.07, 6.45) is -2.52. The van der Waals surface area contributed by atoms with Gasteiger partial charge in [-0.05, 0) is 35.6 Å². The summed E-state index contributed by atoms with van der Waals surface area (Å²) in [6.45, 7) is 2.67. The molecule has 2 aromatic rings. The van der Waals surface area contributed by atoms with Crippen molar-refractivity contribution in [3.63, 3.8) is 0 Å². The molecule has 12 amide bonds. The van der Waals surface area contributed by atoms with Crippen LogP contribution in [0, 0.1) is 11.8 Å². The average molecular weight is 1240 g/mol. The molecule has 33 heteroatoms. The standard InChI is InChI=1S/C51H69Cl2N13O17S/c1-6-24(3)43-48(80)56-18-36(69)58-33-23-84-50-29(28-12-26(8-9-30(28)61-50)57-35(68)10-11-54-38(71)21-65(39(72)16-52)66(22-41(74)75)40(73)17-53)14-31(45(77)55-19-37(70)62-43)59-49(81)44(25(4)7-2)63-47(79)34-13-27(67)20-64(34)51(82)32(60-46(33)78)15-42(76)83-5/h8-9,12,24-25,27,31-34,43-44,61,67H,6-7,10-11,13-23H2,1-5H3,(H,54,71)(H,55,77)(H,56,80)(H,57,68)(H,58,69)(H,59,81)(H,60,78)(H,62,70)(H,63,79)(H,74,75)/t24-,25-,27+,31-,32-,33-,34-,43-,44-/m0/s1. The van der Waals surface area contributed by atoms with E-state index >= 15 is 0 Å². The van der Waals surface area contributed by atoms with E-state index in [4.69, 9.17) is 27.9 Å². The molecule has 0 aliphatic carbocycles. The predicted octanol–water partition coefficient (Wildman–Crippen LogP) is -3.32. The van der Waals surface area contributed by atoms with Crippen molar-refractivity contribution in [2.75, 3.05) is 69.2 Å². The average Bonchev–Trinajstić information content (AvgIpc) is 2.98. The number of H-pyrrole nitrogens is 1. The van der Waals surface area contributed by atoms with Gasteiger partial charge in [-0.3, -0.25) is 67.1 Å². The Labute approximate surface area is 495 Å². The third-order valence-electron chi connectivity index (χ3n) is 14.1. The molecule has 0 radical (unpaired) electrons. The van der Waals surface area contributed by atoms with E-state index < -0.39 is 194 Å². The largest absolute Gasteiger partial charge is 0.480 e. The molecular formula is C51H69Cl2N13O17S. The molecule has 3 aliphatic rings. The molecule has 1 aromatic carbocycles. The number of aromatic amines is 1. The maximum Gasteiger partial charge on any atom is 0.325 e. The number of benzene rings is 1. The number of ether oxygens (including phenoxy) is 1. The molecular weight excluding hydrogens is 1170 g/mol. The van der Waals surface area contributed by atoms with Crippen LogP contribution in [0.3, 0.4) is 0 Å². The molecule has 3 aliphatic heterocycles. The van der Waals surface area contributed by atoms with Crippen LogP contribution >= 0.6 is 35.0 Å². The fourth-order valence-corrected chi connectivity index (χ4v) is 10.6. The van der Waals surface area contributed by atoms with E-state index in [1.54, 1.807) is 33.8 Å². The highest BCUT2D eigenvalue weighted by Crippen LogP contribution is 2.34. The van der Waals surface area contributed by atoms with Crippen LogP contribution in [0.25, 0.3) is 10.9 Å². The lowest BCUT2D eigenvalue weighted by molar-refractivity contribution is -0.167. The second-order valence-electron chi connectivity index (χ2n) is 20.1. The Morgan fingerprint density at radius 1 is 0.774 bits per heavy atom. The molecule has 2 bridgehead atoms. The normalized spacial score (nSPS) is 22.9. The van der Waals surface area contributed by atoms with Crippen molar-refractivity contribution in [2.24, 2.45) is 11.8 Å². The van der Waals surface area contributed by atoms with Gasteiger partial charge in [0, 0.05) is 54.7 Å². The van der Waals surface area contributed by atoms with Crippen LogP contribution in [0.4, 0.5) is 5.69 Å². The van der Waals surface area contributed by atoms with E-state index in [1.165, 1.54) is 12.1 Å². The summed E-state index contributed by atoms with van der Waals surface area (Å²) in [6, 6.07) is -4.53. The maximum absolute atomic E-state index is 14.7. The molecule has 460 valence electrons. The van der Waals surface area contributed by atoms with Crippen molar-refractivity contribution < 1.29 is 82.1 Å². The number of aromatic nitrogens is 1. The molecule has 1 fully saturated rings. The van der Waals surface area contributed by atoms with Crippen molar-refractivity contribution in [3.05, 3.63) is 23.8 Å². The van der Waals surface area contributed by atoms with E-state index in [0.29, 0.717) is 27.3 Å². The minimum atomic E-state index is -1.76. The second kappa shape index (κ2) is 31.2. The minimum absolute atomic E-state index is 0.151. The lowest BCUT2D eigenvalue weighted by Gasteiger charge is -2.32. The van der Waals surface area contributed by atoms with Crippen molar-refractivity contribution >= 4 is 134 Å². The van der Waals surface area contributed by atoms with Gasteiger partial charge in [0.15, 0.2) is 0 Å². The number of carbonyl (C=O) groups excluding carboxylic acids is 13. The van der Waals surface area contributed by atoms with Gasteiger partial charge in [-0.2, -0.15) is 0 Å². The number of methoxy groups -OCH3 is 1. The van der Waals surface area contributed by atoms with Gasteiger partial charge in [-0.15, -0.1) is 35.0 Å². The fraction of sp³-hybridized carbons (Fsp3) is 0.569. The first-order valence-electron chi connectivity index (χ1n) is 26.7. The number of nitrogens with zero attached hydrogens (tertiary/aromatic N) is 3. The number of thioether (sulfide) groups is 1. The Morgan fingerprint density at radius 3 is 2.01 bits per heavy atom. The van der Waals surface area contributed by atoms with E-state index in [9.17, 15) is 77.3 Å². The molecule has 0 unspecified atom stereocenters. The van der Waals surface area contributed by atoms with Crippen LogP contribution < -0.4 is 47.9 Å². The summed E-state index contributed by atoms with van der Waals surface area (Å²) in [5.74, 6) is -16.4. The van der Waals surface area contributed by atoms with Crippen molar-refractivity contribution in [2.45, 2.75) is 114 Å². The lowest BCUT2D eigenvalue weighted by Crippen LogP contribution is -2.61. The highest BCUT2D eigenvalue weighted by atomic mass is 35.5. The number of hydrazine groups is 1. The summed E-state index contributed by atoms with van der Waals surface area (Å²) < 4.78 is 4.85. The molecule has 0 spiro atoms. The molecule has 9 atom stereocenters. The van der Waals surface area contributed by atoms with Crippen LogP contribution in [0.5, 0.6) is 0 Å². The topological polar surface area (TPSA) is 422 Å². The van der Waals surface area contributed by atoms with Crippen molar-refractivity contribution in [1.29, 1.82) is 0 Å². The van der Waals surface area contributed by atoms with Gasteiger partial charge < -0.3 is 72.7 Å². The number of halogens is 2. The Morgan fingerprint density at radius 2 is 1.39 bits per heavy atom. The third kappa shape index (κ3) is 18.1. The molecule has 12 N–H and O–H groups in total. The first kappa shape index (κ1) is 67.0. The molecule has 1 aromatic heterocycles. The molecule has 0 saturated carbocycles. The minimum Gasteiger partial charge on any atom is -0.480 e. The van der Waals surface area contributed by atoms with Gasteiger partial charge in [-0.25, -0.2) is 10.0 Å². The number of esters is 1. The van der Waals surface area contributed by atoms with Crippen LogP contribution in [-0.4, -0.2) is 219 Å². The highest BCUT2D eigenvalue weighted by Gasteiger charge is 2.45. The number of anilines is 1. The number of aliphatic hydroxyl groups is 1. The van der Waals surface area contributed by atoms with Gasteiger partial charge in [0.2, 0.25) is 59.1 Å². The van der Waals surface area contributed by atoms with Gasteiger partial charge in [0.25, 0.3) is 11.8 Å². The molecule has 5 rings (SSSR count). The molecule has 84 heavy (non-hydrogen) atoms. The van der Waals surface area contributed by atoms with Crippen molar-refractivity contribution in [3.8, 4) is 0 Å². The van der Waals surface area contributed by atoms with Crippen LogP contribution in [0.2, 0.25) is 0 Å². The quantitative estimate of drug-likeness (QED) is 0.0445. The summed E-state index contributed by atoms with van der Waals surface area (Å²) in [5.41, 5.74) is 0.776. The van der Waals surface area contributed by atoms with Gasteiger partial charge >= 0.3 is 11.9 Å². The smallest absolute Gasteiger partial charge is 0.325 e. The number of hydrogen-bond acceptors (Lipinski definition) is 17. The summed E-state index contributed by atoms with van der Waals surface area (Å²) in [5, 5.41) is 44.9. The lowest BCUT2D eigenvalue weighted by atomic mass is 9.96. The number of carboxylic acids is 1. The van der Waals surface area contributed by atoms with E-state index in [1.807, 2.05) is 0 Å². The Hall–Kier alpha value is -7.77. The summed E-state index contributed by atoms with van der Waals surface area (Å²) >= 11 is 12.2. The van der Waals surface area contributed by atoms with E-state index in [0.717, 1.165) is 23.8 Å². The van der Waals surface area contributed by atoms with Crippen molar-refractivity contribution in [1.82, 2.24) is 62.4 Å². The molecule has 30 nitrogen and oxygen atoms in total. The Bertz CT molecular complexity index is 2880. The SMILES string of the molecule is CC[C@H](C)[C@@H]1NC(=O)CNC(=O)[C@@H]2Cc3c([nH]c4ccc(NC(=O)CCNC(=O)CN(C(=O)CCl)N(CC(=O)O)C(=O)CCl)cc34)SC[C@H](NC(=O)CNC1=O)C(=O)N[C@@H](CC(=O)OC)C(=O)N1C[C@H](O)C[C@H]1C(=O)N[C@@H]([C@@H](C)CC)C(=O)N2. The first-order chi connectivity index (χ1) is 39.8. The monoisotopic (exact) mass is 1240 g/mol. The number of hydrogen-bond donors (Lipinski definition) is 12. The number of rotatable bonds is 16. The Kier molecular flexibility index (Phi) is 24.9. The number of aliphatic carboxylic acids is 1. The van der Waals surface area contributed by atoms with Gasteiger partial charge in [0.05, 0.1) is 37.8 Å². The van der Waals surface area contributed by atoms with E-state index in [-0.39, 0.29) is 47.8 Å². The maximum atomic E-state index is 14.7. The van der Waals surface area contributed by atoms with E-state index in [2.05, 4.69) is 52.8 Å². The Balaban J connectivity index is 1.60. The zero-order chi connectivity index (χ0) is 62.1. The number of carbonyl (C=O) groups is 14. The second-order valence-corrected chi connectivity index (χ2v) is 21.6. The predicted molar refractivity (Wildman–Crippen MR) is 299 cm³/mol. The number of nitrogens with one attached hydrogen (secondary N) is 10. The zero-order valence-corrected chi connectivity index (χ0v) is 48.9. The van der Waals surface area contributed by atoms with Crippen LogP contribution in [-0.2, 0) is 78.3 Å². The highest BCUT2D eigenvalue weighted by molar-refractivity contribution is 7.99. The van der Waals surface area contributed by atoms with Crippen LogP contribution in [0.15, 0.2) is 23.2 Å². The number of alkyl halides is 2. The summed E-state index contributed by atoms with van der Waals surface area (Å²) in [4.78, 5) is 194. The van der Waals surface area contributed by atoms with Crippen LogP contribution in [0.1, 0.15) is 65.4 Å². The number of fused-ring (bicyclic) bond motifs is 5. The fourth-order valence-electron chi connectivity index (χ4n) is 9.18. The number of aliphatic hydroxyl groups excluding tert-OH is 1. The van der Waals surface area contributed by atoms with Gasteiger partial charge in [0.1, 0.15) is 61.1 Å². The number of amides is 12. The third-order valence-corrected chi connectivity index (χ3v) is 15.7. The van der Waals surface area contributed by atoms with Gasteiger partial charge in [-0.1, -0.05) is 40.5 Å². The zero-order valence-electron chi connectivity index (χ0n) is 46.6. The molecule has 4 heterocycles. The first-order valence-corrected chi connectivity index (χ1v) is 28.8.